The standard InChI is InChI=1S/C11H11BrNS2.ClHO4/c1-11(6-12)7-14-10-13(11)8-4-2-3-5-9(8)15-10;2-1(3,4)5/h2-5H,6-7H2,1H3;(H,2,3,4,5)/q+1;/p-1. The maximum atomic E-state index is 8.49. The minimum absolute atomic E-state index is 0.236. The second-order valence-electron chi connectivity index (χ2n) is 4.47. The summed E-state index contributed by atoms with van der Waals surface area (Å²) in [7, 11) is -4.94. The van der Waals surface area contributed by atoms with Crippen LogP contribution in [0.5, 0.6) is 0 Å². The van der Waals surface area contributed by atoms with Gasteiger partial charge in [-0.3, -0.25) is 0 Å². The van der Waals surface area contributed by atoms with Crippen molar-refractivity contribution in [2.45, 2.75) is 16.8 Å². The highest BCUT2D eigenvalue weighted by Crippen LogP contribution is 2.39. The molecule has 0 saturated heterocycles. The Balaban J connectivity index is 0.000000257. The zero-order chi connectivity index (χ0) is 15.0. The van der Waals surface area contributed by atoms with Crippen LogP contribution in [0, 0.1) is 10.2 Å². The molecule has 0 N–H and O–H groups in total. The van der Waals surface area contributed by atoms with Crippen LogP contribution in [0.3, 0.4) is 0 Å². The first kappa shape index (κ1) is 16.4. The van der Waals surface area contributed by atoms with Gasteiger partial charge in [0.1, 0.15) is 4.70 Å². The molecule has 2 heterocycles. The fourth-order valence-corrected chi connectivity index (χ4v) is 5.47. The zero-order valence-corrected chi connectivity index (χ0v) is 14.4. The van der Waals surface area contributed by atoms with Crippen molar-refractivity contribution in [1.29, 1.82) is 0 Å². The van der Waals surface area contributed by atoms with E-state index in [1.54, 1.807) is 0 Å². The molecule has 1 unspecified atom stereocenters. The van der Waals surface area contributed by atoms with Crippen molar-refractivity contribution in [1.82, 2.24) is 0 Å². The molecule has 0 radical (unpaired) electrons. The van der Waals surface area contributed by atoms with Crippen LogP contribution >= 0.6 is 39.0 Å². The van der Waals surface area contributed by atoms with Gasteiger partial charge in [-0.25, -0.2) is 18.6 Å². The second-order valence-corrected chi connectivity index (χ2v) is 8.04. The number of nitrogens with zero attached hydrogens (tertiary/aromatic N) is 1. The van der Waals surface area contributed by atoms with Crippen molar-refractivity contribution in [3.8, 4) is 0 Å². The average molecular weight is 401 g/mol. The fraction of sp³-hybridized carbons (Fsp3) is 0.364. The molecule has 5 nitrogen and oxygen atoms in total. The molecule has 1 aliphatic heterocycles. The summed E-state index contributed by atoms with van der Waals surface area (Å²) in [4.78, 5) is 0. The molecule has 1 aliphatic rings. The summed E-state index contributed by atoms with van der Waals surface area (Å²) in [5.41, 5.74) is 1.61. The van der Waals surface area contributed by atoms with Crippen LogP contribution in [0.4, 0.5) is 0 Å². The van der Waals surface area contributed by atoms with Crippen LogP contribution in [-0.2, 0) is 5.54 Å². The third-order valence-corrected chi connectivity index (χ3v) is 6.75. The first-order chi connectivity index (χ1) is 9.24. The molecule has 0 fully saturated rings. The minimum Gasteiger partial charge on any atom is -0.222 e. The number of aromatic nitrogens is 1. The Morgan fingerprint density at radius 3 is 2.50 bits per heavy atom. The van der Waals surface area contributed by atoms with Crippen molar-refractivity contribution < 1.29 is 33.4 Å². The van der Waals surface area contributed by atoms with E-state index >= 15 is 0 Å². The lowest BCUT2D eigenvalue weighted by molar-refractivity contribution is -2.00. The van der Waals surface area contributed by atoms with Gasteiger partial charge in [-0.05, 0) is 17.8 Å². The Labute approximate surface area is 134 Å². The molecule has 0 amide bonds. The Morgan fingerprint density at radius 2 is 1.90 bits per heavy atom. The normalized spacial score (nSPS) is 21.5. The lowest BCUT2D eigenvalue weighted by atomic mass is 10.1. The van der Waals surface area contributed by atoms with Crippen LogP contribution in [0.1, 0.15) is 6.92 Å². The molecule has 0 aliphatic carbocycles. The number of fused-ring (bicyclic) bond motifs is 3. The molecule has 1 aromatic heterocycles. The van der Waals surface area contributed by atoms with Gasteiger partial charge >= 0.3 is 0 Å². The molecule has 20 heavy (non-hydrogen) atoms. The third-order valence-electron chi connectivity index (χ3n) is 2.82. The number of halogens is 2. The Hall–Kier alpha value is 0.0700. The summed E-state index contributed by atoms with van der Waals surface area (Å²) in [6.07, 6.45) is 0. The van der Waals surface area contributed by atoms with Gasteiger partial charge in [0.2, 0.25) is 5.52 Å². The summed E-state index contributed by atoms with van der Waals surface area (Å²) < 4.78 is 39.3. The topological polar surface area (TPSA) is 96.1 Å². The number of benzene rings is 1. The Bertz CT molecular complexity index is 612. The van der Waals surface area contributed by atoms with Crippen molar-refractivity contribution in [2.24, 2.45) is 0 Å². The Morgan fingerprint density at radius 1 is 1.30 bits per heavy atom. The Kier molecular flexibility index (Phi) is 4.98. The largest absolute Gasteiger partial charge is 0.299 e. The van der Waals surface area contributed by atoms with Gasteiger partial charge in [0, 0.05) is 13.0 Å². The molecule has 2 aromatic rings. The van der Waals surface area contributed by atoms with E-state index in [0.29, 0.717) is 0 Å². The van der Waals surface area contributed by atoms with E-state index in [9.17, 15) is 0 Å². The van der Waals surface area contributed by atoms with Crippen molar-refractivity contribution in [3.05, 3.63) is 24.3 Å². The van der Waals surface area contributed by atoms with E-state index in [0.717, 1.165) is 5.33 Å². The highest BCUT2D eigenvalue weighted by molar-refractivity contribution is 9.09. The zero-order valence-electron chi connectivity index (χ0n) is 10.4. The lowest BCUT2D eigenvalue weighted by Gasteiger charge is -2.17. The number of alkyl halides is 1. The summed E-state index contributed by atoms with van der Waals surface area (Å²) in [6.45, 7) is 2.32. The average Bonchev–Trinajstić information content (AvgIpc) is 2.86. The number of thioether (sulfide) groups is 1. The molecule has 3 rings (SSSR count). The molecular weight excluding hydrogens is 390 g/mol. The molecule has 1 atom stereocenters. The predicted molar refractivity (Wildman–Crippen MR) is 70.2 cm³/mol. The van der Waals surface area contributed by atoms with Gasteiger partial charge in [-0.1, -0.05) is 39.4 Å². The third kappa shape index (κ3) is 3.63. The van der Waals surface area contributed by atoms with Crippen molar-refractivity contribution >= 4 is 49.2 Å². The summed E-state index contributed by atoms with van der Waals surface area (Å²) in [5.74, 6) is 1.18. The highest BCUT2D eigenvalue weighted by atomic mass is 79.9. The second kappa shape index (κ2) is 6.05. The van der Waals surface area contributed by atoms with E-state index < -0.39 is 10.2 Å². The van der Waals surface area contributed by atoms with Gasteiger partial charge in [0.25, 0.3) is 4.34 Å². The van der Waals surface area contributed by atoms with Crippen LogP contribution < -0.4 is 23.2 Å². The van der Waals surface area contributed by atoms with Crippen LogP contribution in [-0.4, -0.2) is 11.1 Å². The lowest BCUT2D eigenvalue weighted by Crippen LogP contribution is -2.68. The summed E-state index contributed by atoms with van der Waals surface area (Å²) in [6, 6.07) is 8.67. The van der Waals surface area contributed by atoms with E-state index in [2.05, 4.69) is 51.7 Å². The monoisotopic (exact) mass is 399 g/mol. The van der Waals surface area contributed by atoms with Crippen molar-refractivity contribution in [3.63, 3.8) is 0 Å². The first-order valence-corrected chi connectivity index (χ1v) is 9.65. The van der Waals surface area contributed by atoms with Gasteiger partial charge in [-0.15, -0.1) is 10.2 Å². The summed E-state index contributed by atoms with van der Waals surface area (Å²) >= 11 is 7.53. The fourth-order valence-electron chi connectivity index (χ4n) is 1.95. The van der Waals surface area contributed by atoms with E-state index in [4.69, 9.17) is 18.6 Å². The van der Waals surface area contributed by atoms with Gasteiger partial charge in [0.15, 0.2) is 5.54 Å². The molecule has 0 saturated carbocycles. The molecule has 9 heteroatoms. The van der Waals surface area contributed by atoms with Crippen molar-refractivity contribution in [2.75, 3.05) is 11.1 Å². The van der Waals surface area contributed by atoms with Crippen LogP contribution in [0.2, 0.25) is 0 Å². The smallest absolute Gasteiger partial charge is 0.222 e. The molecule has 1 aromatic carbocycles. The number of para-hydroxylation sites is 1. The van der Waals surface area contributed by atoms with Crippen LogP contribution in [0.25, 0.3) is 10.2 Å². The van der Waals surface area contributed by atoms with E-state index in [-0.39, 0.29) is 5.54 Å². The number of thiazole rings is 1. The minimum atomic E-state index is -4.94. The van der Waals surface area contributed by atoms with Gasteiger partial charge in [0.05, 0.1) is 11.1 Å². The molecule has 0 bridgehead atoms. The molecular formula is C11H11BrClNO4S2. The predicted octanol–water partition coefficient (Wildman–Crippen LogP) is -1.35. The number of hydrogen-bond acceptors (Lipinski definition) is 6. The number of rotatable bonds is 1. The SMILES string of the molecule is CC1(CBr)CSc2sc3ccccc3[n+]21.[O-][Cl+3]([O-])([O-])[O-]. The van der Waals surface area contributed by atoms with Crippen LogP contribution in [0.15, 0.2) is 28.6 Å². The maximum absolute atomic E-state index is 8.49. The molecule has 110 valence electrons. The van der Waals surface area contributed by atoms with E-state index in [1.165, 1.54) is 20.3 Å². The highest BCUT2D eigenvalue weighted by Gasteiger charge is 2.45. The maximum Gasteiger partial charge on any atom is 0.299 e. The van der Waals surface area contributed by atoms with Gasteiger partial charge in [-0.2, -0.15) is 4.57 Å². The van der Waals surface area contributed by atoms with E-state index in [1.807, 2.05) is 23.1 Å². The van der Waals surface area contributed by atoms with Gasteiger partial charge < -0.3 is 0 Å². The first-order valence-electron chi connectivity index (χ1n) is 5.49. The summed E-state index contributed by atoms with van der Waals surface area (Å²) in [5, 5.41) is 1.02. The molecule has 0 spiro atoms. The number of hydrogen-bond donors (Lipinski definition) is 0. The quantitative estimate of drug-likeness (QED) is 0.435.